The van der Waals surface area contributed by atoms with Gasteiger partial charge in [-0.1, -0.05) is 61.5 Å². The van der Waals surface area contributed by atoms with Crippen LogP contribution in [0, 0.1) is 5.92 Å². The lowest BCUT2D eigenvalue weighted by Crippen LogP contribution is -2.24. The standard InChI is InChI=1S/C19H19ClN2OS/c1-13(2)12-24-19-21-17-6-4-3-5-16(17)18(23)22(19)11-14-7-9-15(20)10-8-14/h3-10,13H,11-12H2,1-2H3. The maximum atomic E-state index is 12.9. The molecule has 0 aliphatic rings. The lowest BCUT2D eigenvalue weighted by molar-refractivity contribution is 0.654. The summed E-state index contributed by atoms with van der Waals surface area (Å²) >= 11 is 7.59. The fraction of sp³-hybridized carbons (Fsp3) is 0.263. The number of para-hydroxylation sites is 1. The van der Waals surface area contributed by atoms with Gasteiger partial charge in [-0.05, 0) is 35.7 Å². The predicted molar refractivity (Wildman–Crippen MR) is 102 cm³/mol. The molecular weight excluding hydrogens is 340 g/mol. The van der Waals surface area contributed by atoms with Crippen LogP contribution >= 0.6 is 23.4 Å². The Morgan fingerprint density at radius 2 is 1.83 bits per heavy atom. The van der Waals surface area contributed by atoms with Crippen molar-refractivity contribution < 1.29 is 0 Å². The molecule has 0 amide bonds. The van der Waals surface area contributed by atoms with E-state index in [1.165, 1.54) is 0 Å². The zero-order valence-electron chi connectivity index (χ0n) is 13.7. The van der Waals surface area contributed by atoms with Crippen molar-refractivity contribution in [2.24, 2.45) is 5.92 Å². The fourth-order valence-corrected chi connectivity index (χ4v) is 3.49. The molecule has 24 heavy (non-hydrogen) atoms. The summed E-state index contributed by atoms with van der Waals surface area (Å²) in [6.07, 6.45) is 0. The molecule has 0 N–H and O–H groups in total. The second-order valence-electron chi connectivity index (χ2n) is 6.13. The van der Waals surface area contributed by atoms with Crippen molar-refractivity contribution in [2.45, 2.75) is 25.5 Å². The highest BCUT2D eigenvalue weighted by molar-refractivity contribution is 7.99. The quantitative estimate of drug-likeness (QED) is 0.483. The van der Waals surface area contributed by atoms with Crippen molar-refractivity contribution in [3.63, 3.8) is 0 Å². The van der Waals surface area contributed by atoms with Crippen molar-refractivity contribution in [1.29, 1.82) is 0 Å². The summed E-state index contributed by atoms with van der Waals surface area (Å²) in [4.78, 5) is 17.7. The molecule has 3 nitrogen and oxygen atoms in total. The molecule has 0 fully saturated rings. The van der Waals surface area contributed by atoms with Gasteiger partial charge in [0.15, 0.2) is 5.16 Å². The minimum absolute atomic E-state index is 0.00167. The molecule has 0 atom stereocenters. The van der Waals surface area contributed by atoms with Crippen LogP contribution in [0.3, 0.4) is 0 Å². The number of nitrogens with zero attached hydrogens (tertiary/aromatic N) is 2. The first-order valence-corrected chi connectivity index (χ1v) is 9.28. The largest absolute Gasteiger partial charge is 0.283 e. The van der Waals surface area contributed by atoms with Crippen molar-refractivity contribution in [1.82, 2.24) is 9.55 Å². The van der Waals surface area contributed by atoms with E-state index in [1.54, 1.807) is 16.3 Å². The monoisotopic (exact) mass is 358 g/mol. The van der Waals surface area contributed by atoms with E-state index in [9.17, 15) is 4.79 Å². The molecule has 3 rings (SSSR count). The summed E-state index contributed by atoms with van der Waals surface area (Å²) in [6.45, 7) is 4.82. The average Bonchev–Trinajstić information content (AvgIpc) is 2.57. The van der Waals surface area contributed by atoms with Gasteiger partial charge in [-0.25, -0.2) is 4.98 Å². The molecule has 0 saturated carbocycles. The number of thioether (sulfide) groups is 1. The molecule has 0 unspecified atom stereocenters. The summed E-state index contributed by atoms with van der Waals surface area (Å²) in [5.41, 5.74) is 1.79. The molecule has 0 bridgehead atoms. The molecule has 1 aromatic heterocycles. The van der Waals surface area contributed by atoms with E-state index < -0.39 is 0 Å². The Bertz CT molecular complexity index is 903. The van der Waals surface area contributed by atoms with Crippen molar-refractivity contribution in [3.8, 4) is 0 Å². The first-order chi connectivity index (χ1) is 11.5. The Labute approximate surface area is 150 Å². The van der Waals surface area contributed by atoms with Crippen LogP contribution in [0.15, 0.2) is 58.5 Å². The summed E-state index contributed by atoms with van der Waals surface area (Å²) in [7, 11) is 0. The Morgan fingerprint density at radius 3 is 2.54 bits per heavy atom. The van der Waals surface area contributed by atoms with Crippen LogP contribution < -0.4 is 5.56 Å². The van der Waals surface area contributed by atoms with Gasteiger partial charge in [-0.3, -0.25) is 9.36 Å². The molecule has 0 aliphatic heterocycles. The van der Waals surface area contributed by atoms with E-state index in [0.717, 1.165) is 22.0 Å². The number of aromatic nitrogens is 2. The number of hydrogen-bond donors (Lipinski definition) is 0. The SMILES string of the molecule is CC(C)CSc1nc2ccccc2c(=O)n1Cc1ccc(Cl)cc1. The molecule has 1 heterocycles. The summed E-state index contributed by atoms with van der Waals surface area (Å²) in [6, 6.07) is 15.1. The summed E-state index contributed by atoms with van der Waals surface area (Å²) in [5.74, 6) is 1.45. The van der Waals surface area contributed by atoms with Crippen LogP contribution in [0.1, 0.15) is 19.4 Å². The first kappa shape index (κ1) is 17.1. The van der Waals surface area contributed by atoms with Gasteiger partial charge in [0, 0.05) is 10.8 Å². The van der Waals surface area contributed by atoms with E-state index in [-0.39, 0.29) is 5.56 Å². The zero-order chi connectivity index (χ0) is 17.1. The van der Waals surface area contributed by atoms with Gasteiger partial charge in [-0.15, -0.1) is 0 Å². The highest BCUT2D eigenvalue weighted by atomic mass is 35.5. The van der Waals surface area contributed by atoms with E-state index >= 15 is 0 Å². The van der Waals surface area contributed by atoms with Crippen molar-refractivity contribution in [2.75, 3.05) is 5.75 Å². The van der Waals surface area contributed by atoms with E-state index in [4.69, 9.17) is 16.6 Å². The lowest BCUT2D eigenvalue weighted by Gasteiger charge is -2.14. The molecule has 5 heteroatoms. The molecular formula is C19H19ClN2OS. The number of fused-ring (bicyclic) bond motifs is 1. The Kier molecular flexibility index (Phi) is 5.27. The minimum atomic E-state index is 0.00167. The Hall–Kier alpha value is -1.78. The van der Waals surface area contributed by atoms with Crippen LogP contribution in [0.4, 0.5) is 0 Å². The lowest BCUT2D eigenvalue weighted by atomic mass is 10.2. The molecule has 0 aliphatic carbocycles. The number of benzene rings is 2. The van der Waals surface area contributed by atoms with Crippen LogP contribution in [0.5, 0.6) is 0 Å². The second-order valence-corrected chi connectivity index (χ2v) is 7.56. The highest BCUT2D eigenvalue weighted by Gasteiger charge is 2.12. The number of hydrogen-bond acceptors (Lipinski definition) is 3. The van der Waals surface area contributed by atoms with Gasteiger partial charge in [0.1, 0.15) is 0 Å². The molecule has 0 saturated heterocycles. The third-order valence-corrected chi connectivity index (χ3v) is 5.28. The summed E-state index contributed by atoms with van der Waals surface area (Å²) in [5, 5.41) is 2.11. The van der Waals surface area contributed by atoms with Gasteiger partial charge in [0.05, 0.1) is 17.4 Å². The Morgan fingerprint density at radius 1 is 1.12 bits per heavy atom. The van der Waals surface area contributed by atoms with Crippen LogP contribution in [0.25, 0.3) is 10.9 Å². The first-order valence-electron chi connectivity index (χ1n) is 7.91. The van der Waals surface area contributed by atoms with Gasteiger partial charge >= 0.3 is 0 Å². The maximum absolute atomic E-state index is 12.9. The van der Waals surface area contributed by atoms with Crippen molar-refractivity contribution in [3.05, 3.63) is 69.5 Å². The van der Waals surface area contributed by atoms with E-state index in [0.29, 0.717) is 22.9 Å². The molecule has 124 valence electrons. The molecule has 0 radical (unpaired) electrons. The predicted octanol–water partition coefficient (Wildman–Crippen LogP) is 4.85. The normalized spacial score (nSPS) is 11.3. The minimum Gasteiger partial charge on any atom is -0.283 e. The topological polar surface area (TPSA) is 34.9 Å². The molecule has 3 aromatic rings. The third kappa shape index (κ3) is 3.82. The maximum Gasteiger partial charge on any atom is 0.262 e. The smallest absolute Gasteiger partial charge is 0.262 e. The Balaban J connectivity index is 2.08. The molecule has 0 spiro atoms. The third-order valence-electron chi connectivity index (χ3n) is 3.63. The number of halogens is 1. The van der Waals surface area contributed by atoms with Gasteiger partial charge < -0.3 is 0 Å². The van der Waals surface area contributed by atoms with E-state index in [1.807, 2.05) is 48.5 Å². The average molecular weight is 359 g/mol. The number of rotatable bonds is 5. The summed E-state index contributed by atoms with van der Waals surface area (Å²) < 4.78 is 1.76. The van der Waals surface area contributed by atoms with E-state index in [2.05, 4.69) is 13.8 Å². The van der Waals surface area contributed by atoms with Crippen LogP contribution in [0.2, 0.25) is 5.02 Å². The zero-order valence-corrected chi connectivity index (χ0v) is 15.3. The van der Waals surface area contributed by atoms with Gasteiger partial charge in [0.2, 0.25) is 0 Å². The van der Waals surface area contributed by atoms with Crippen molar-refractivity contribution >= 4 is 34.3 Å². The second kappa shape index (κ2) is 7.41. The van der Waals surface area contributed by atoms with Crippen LogP contribution in [-0.2, 0) is 6.54 Å². The van der Waals surface area contributed by atoms with Crippen LogP contribution in [-0.4, -0.2) is 15.3 Å². The van der Waals surface area contributed by atoms with Gasteiger partial charge in [-0.2, -0.15) is 0 Å². The fourth-order valence-electron chi connectivity index (χ4n) is 2.41. The van der Waals surface area contributed by atoms with Gasteiger partial charge in [0.25, 0.3) is 5.56 Å². The molecule has 2 aromatic carbocycles. The highest BCUT2D eigenvalue weighted by Crippen LogP contribution is 2.21.